The van der Waals surface area contributed by atoms with Crippen molar-refractivity contribution in [2.45, 2.75) is 32.0 Å². The SMILES string of the molecule is O=C(NCc1ccco1)c1ccc(C2CCCN2C(=O)Cn2cncn2)s1. The van der Waals surface area contributed by atoms with Gasteiger partial charge in [0.1, 0.15) is 25.0 Å². The van der Waals surface area contributed by atoms with Gasteiger partial charge in [-0.05, 0) is 37.1 Å². The smallest absolute Gasteiger partial charge is 0.261 e. The van der Waals surface area contributed by atoms with E-state index in [0.29, 0.717) is 17.2 Å². The summed E-state index contributed by atoms with van der Waals surface area (Å²) in [4.78, 5) is 32.4. The van der Waals surface area contributed by atoms with Crippen molar-refractivity contribution in [3.8, 4) is 0 Å². The fourth-order valence-electron chi connectivity index (χ4n) is 3.23. The van der Waals surface area contributed by atoms with Crippen LogP contribution in [0, 0.1) is 0 Å². The number of hydrogen-bond donors (Lipinski definition) is 1. The van der Waals surface area contributed by atoms with Crippen LogP contribution in [0.5, 0.6) is 0 Å². The van der Waals surface area contributed by atoms with Crippen LogP contribution in [-0.2, 0) is 17.9 Å². The van der Waals surface area contributed by atoms with Gasteiger partial charge >= 0.3 is 0 Å². The summed E-state index contributed by atoms with van der Waals surface area (Å²) in [5.41, 5.74) is 0. The zero-order valence-electron chi connectivity index (χ0n) is 14.6. The number of furan rings is 1. The standard InChI is InChI=1S/C18H19N5O3S/c24-17(10-22-12-19-11-21-22)23-7-1-4-14(23)15-5-6-16(27-15)18(25)20-9-13-3-2-8-26-13/h2-3,5-6,8,11-12,14H,1,4,7,9-10H2,(H,20,25). The molecule has 2 amide bonds. The number of nitrogens with one attached hydrogen (secondary N) is 1. The molecule has 1 aliphatic heterocycles. The number of thiophene rings is 1. The Labute approximate surface area is 159 Å². The lowest BCUT2D eigenvalue weighted by Crippen LogP contribution is -2.33. The molecule has 140 valence electrons. The van der Waals surface area contributed by atoms with Crippen molar-refractivity contribution in [2.24, 2.45) is 0 Å². The van der Waals surface area contributed by atoms with Crippen LogP contribution in [0.2, 0.25) is 0 Å². The molecule has 0 spiro atoms. The Kier molecular flexibility index (Phi) is 5.01. The third-order valence-corrected chi connectivity index (χ3v) is 5.70. The third-order valence-electron chi connectivity index (χ3n) is 4.52. The first-order valence-electron chi connectivity index (χ1n) is 8.73. The molecule has 1 N–H and O–H groups in total. The highest BCUT2D eigenvalue weighted by atomic mass is 32.1. The summed E-state index contributed by atoms with van der Waals surface area (Å²) in [6, 6.07) is 7.37. The van der Waals surface area contributed by atoms with Gasteiger partial charge in [0.25, 0.3) is 5.91 Å². The van der Waals surface area contributed by atoms with Crippen molar-refractivity contribution in [1.82, 2.24) is 25.0 Å². The van der Waals surface area contributed by atoms with Gasteiger partial charge in [-0.1, -0.05) is 0 Å². The molecule has 1 atom stereocenters. The number of aromatic nitrogens is 3. The molecule has 1 aliphatic rings. The monoisotopic (exact) mass is 385 g/mol. The maximum absolute atomic E-state index is 12.6. The Morgan fingerprint density at radius 1 is 1.33 bits per heavy atom. The first-order chi connectivity index (χ1) is 13.2. The molecule has 0 aliphatic carbocycles. The lowest BCUT2D eigenvalue weighted by molar-refractivity contribution is -0.132. The van der Waals surface area contributed by atoms with Gasteiger partial charge in [-0.2, -0.15) is 5.10 Å². The van der Waals surface area contributed by atoms with Crippen LogP contribution in [0.3, 0.4) is 0 Å². The van der Waals surface area contributed by atoms with Crippen LogP contribution in [-0.4, -0.2) is 38.0 Å². The molecule has 4 heterocycles. The molecule has 8 nitrogen and oxygen atoms in total. The average Bonchev–Trinajstić information content (AvgIpc) is 3.47. The summed E-state index contributed by atoms with van der Waals surface area (Å²) < 4.78 is 6.75. The number of rotatable bonds is 6. The van der Waals surface area contributed by atoms with Crippen molar-refractivity contribution in [2.75, 3.05) is 6.54 Å². The van der Waals surface area contributed by atoms with Crippen LogP contribution in [0.25, 0.3) is 0 Å². The van der Waals surface area contributed by atoms with Crippen molar-refractivity contribution < 1.29 is 14.0 Å². The topological polar surface area (TPSA) is 93.3 Å². The first-order valence-corrected chi connectivity index (χ1v) is 9.54. The summed E-state index contributed by atoms with van der Waals surface area (Å²) in [6.07, 6.45) is 6.38. The van der Waals surface area contributed by atoms with E-state index in [0.717, 1.165) is 24.3 Å². The van der Waals surface area contributed by atoms with E-state index in [1.807, 2.05) is 23.1 Å². The Hall–Kier alpha value is -2.94. The summed E-state index contributed by atoms with van der Waals surface area (Å²) >= 11 is 1.43. The molecule has 0 bridgehead atoms. The molecular weight excluding hydrogens is 366 g/mol. The first kappa shape index (κ1) is 17.5. The van der Waals surface area contributed by atoms with Gasteiger partial charge in [0, 0.05) is 11.4 Å². The molecule has 1 saturated heterocycles. The van der Waals surface area contributed by atoms with Gasteiger partial charge in [-0.15, -0.1) is 11.3 Å². The summed E-state index contributed by atoms with van der Waals surface area (Å²) in [5, 5.41) is 6.84. The Bertz CT molecular complexity index is 903. The minimum Gasteiger partial charge on any atom is -0.467 e. The number of carbonyl (C=O) groups excluding carboxylic acids is 2. The molecule has 1 unspecified atom stereocenters. The van der Waals surface area contributed by atoms with Gasteiger partial charge in [0.2, 0.25) is 5.91 Å². The van der Waals surface area contributed by atoms with Crippen LogP contribution < -0.4 is 5.32 Å². The molecule has 3 aromatic heterocycles. The van der Waals surface area contributed by atoms with Crippen molar-refractivity contribution in [3.05, 3.63) is 58.7 Å². The number of likely N-dealkylation sites (tertiary alicyclic amines) is 1. The average molecular weight is 385 g/mol. The summed E-state index contributed by atoms with van der Waals surface area (Å²) in [7, 11) is 0. The molecule has 27 heavy (non-hydrogen) atoms. The molecule has 3 aromatic rings. The third kappa shape index (κ3) is 3.92. The van der Waals surface area contributed by atoms with Crippen molar-refractivity contribution in [3.63, 3.8) is 0 Å². The zero-order valence-corrected chi connectivity index (χ0v) is 15.4. The summed E-state index contributed by atoms with van der Waals surface area (Å²) in [6.45, 7) is 1.25. The lowest BCUT2D eigenvalue weighted by Gasteiger charge is -2.23. The van der Waals surface area contributed by atoms with Crippen LogP contribution in [0.4, 0.5) is 0 Å². The van der Waals surface area contributed by atoms with E-state index in [2.05, 4.69) is 15.4 Å². The molecule has 0 aromatic carbocycles. The minimum absolute atomic E-state index is 0.0117. The number of carbonyl (C=O) groups is 2. The molecule has 0 saturated carbocycles. The van der Waals surface area contributed by atoms with Gasteiger partial charge in [-0.3, -0.25) is 9.59 Å². The van der Waals surface area contributed by atoms with E-state index >= 15 is 0 Å². The van der Waals surface area contributed by atoms with E-state index in [1.54, 1.807) is 12.3 Å². The molecular formula is C18H19N5O3S. The highest BCUT2D eigenvalue weighted by molar-refractivity contribution is 7.14. The van der Waals surface area contributed by atoms with E-state index in [-0.39, 0.29) is 24.4 Å². The Morgan fingerprint density at radius 2 is 2.26 bits per heavy atom. The number of hydrogen-bond acceptors (Lipinski definition) is 6. The van der Waals surface area contributed by atoms with Crippen molar-refractivity contribution in [1.29, 1.82) is 0 Å². The molecule has 0 radical (unpaired) electrons. The van der Waals surface area contributed by atoms with Crippen LogP contribution >= 0.6 is 11.3 Å². The maximum atomic E-state index is 12.6. The van der Waals surface area contributed by atoms with Gasteiger partial charge in [0.15, 0.2) is 0 Å². The highest BCUT2D eigenvalue weighted by Gasteiger charge is 2.31. The largest absolute Gasteiger partial charge is 0.467 e. The molecule has 4 rings (SSSR count). The van der Waals surface area contributed by atoms with E-state index in [9.17, 15) is 9.59 Å². The molecule has 9 heteroatoms. The number of nitrogens with zero attached hydrogens (tertiary/aromatic N) is 4. The summed E-state index contributed by atoms with van der Waals surface area (Å²) in [5.74, 6) is 0.585. The lowest BCUT2D eigenvalue weighted by atomic mass is 10.2. The number of amides is 2. The fourth-order valence-corrected chi connectivity index (χ4v) is 4.30. The van der Waals surface area contributed by atoms with E-state index < -0.39 is 0 Å². The van der Waals surface area contributed by atoms with Crippen LogP contribution in [0.1, 0.15) is 39.2 Å². The maximum Gasteiger partial charge on any atom is 0.261 e. The normalized spacial score (nSPS) is 16.6. The zero-order chi connectivity index (χ0) is 18.6. The second-order valence-corrected chi connectivity index (χ2v) is 7.42. The Morgan fingerprint density at radius 3 is 3.04 bits per heavy atom. The second kappa shape index (κ2) is 7.75. The minimum atomic E-state index is -0.138. The highest BCUT2D eigenvalue weighted by Crippen LogP contribution is 2.36. The predicted octanol–water partition coefficient (Wildman–Crippen LogP) is 2.23. The molecule has 1 fully saturated rings. The van der Waals surface area contributed by atoms with Gasteiger partial charge < -0.3 is 14.6 Å². The van der Waals surface area contributed by atoms with Crippen molar-refractivity contribution >= 4 is 23.2 Å². The second-order valence-electron chi connectivity index (χ2n) is 6.30. The predicted molar refractivity (Wildman–Crippen MR) is 97.9 cm³/mol. The Balaban J connectivity index is 1.40. The van der Waals surface area contributed by atoms with Crippen LogP contribution in [0.15, 0.2) is 47.6 Å². The fraction of sp³-hybridized carbons (Fsp3) is 0.333. The quantitative estimate of drug-likeness (QED) is 0.702. The van der Waals surface area contributed by atoms with Gasteiger partial charge in [-0.25, -0.2) is 9.67 Å². The van der Waals surface area contributed by atoms with E-state index in [1.165, 1.54) is 28.7 Å². The van der Waals surface area contributed by atoms with E-state index in [4.69, 9.17) is 4.42 Å². The van der Waals surface area contributed by atoms with Gasteiger partial charge in [0.05, 0.1) is 23.7 Å².